The zero-order chi connectivity index (χ0) is 18.2. The molecule has 138 valence electrons. The van der Waals surface area contributed by atoms with Gasteiger partial charge in [-0.3, -0.25) is 0 Å². The Kier molecular flexibility index (Phi) is 7.03. The van der Waals surface area contributed by atoms with Crippen LogP contribution in [0.3, 0.4) is 0 Å². The molecule has 25 heavy (non-hydrogen) atoms. The number of nitrogens with zero attached hydrogens (tertiary/aromatic N) is 1. The number of hydrogen-bond donors (Lipinski definition) is 2. The van der Waals surface area contributed by atoms with Crippen molar-refractivity contribution < 1.29 is 23.8 Å². The molecule has 1 fully saturated rings. The van der Waals surface area contributed by atoms with Crippen molar-refractivity contribution in [2.24, 2.45) is 5.92 Å². The van der Waals surface area contributed by atoms with Gasteiger partial charge in [0.15, 0.2) is 0 Å². The van der Waals surface area contributed by atoms with Crippen LogP contribution in [0.25, 0.3) is 0 Å². The lowest BCUT2D eigenvalue weighted by atomic mass is 9.91. The van der Waals surface area contributed by atoms with Crippen molar-refractivity contribution in [3.05, 3.63) is 35.6 Å². The van der Waals surface area contributed by atoms with Crippen LogP contribution in [0.4, 0.5) is 14.0 Å². The first-order chi connectivity index (χ1) is 12.0. The number of halogens is 1. The lowest BCUT2D eigenvalue weighted by Gasteiger charge is -2.31. The molecule has 2 rings (SSSR count). The Balaban J connectivity index is 1.91. The molecular weight excluding hydrogens is 327 g/mol. The Hall–Kier alpha value is -2.31. The second-order valence-electron chi connectivity index (χ2n) is 6.41. The highest BCUT2D eigenvalue weighted by atomic mass is 19.1. The van der Waals surface area contributed by atoms with Gasteiger partial charge in [0, 0.05) is 13.1 Å². The van der Waals surface area contributed by atoms with Gasteiger partial charge in [-0.1, -0.05) is 18.6 Å². The van der Waals surface area contributed by atoms with Crippen molar-refractivity contribution in [2.45, 2.75) is 38.1 Å². The first-order valence-corrected chi connectivity index (χ1v) is 8.57. The highest BCUT2D eigenvalue weighted by Crippen LogP contribution is 2.26. The summed E-state index contributed by atoms with van der Waals surface area (Å²) in [5.74, 6) is -0.0188. The number of piperidine rings is 1. The van der Waals surface area contributed by atoms with E-state index in [4.69, 9.17) is 5.11 Å². The molecule has 0 bridgehead atoms. The summed E-state index contributed by atoms with van der Waals surface area (Å²) < 4.78 is 18.1. The van der Waals surface area contributed by atoms with E-state index in [9.17, 15) is 14.0 Å². The lowest BCUT2D eigenvalue weighted by Crippen LogP contribution is -2.39. The van der Waals surface area contributed by atoms with Crippen LogP contribution in [-0.4, -0.2) is 42.4 Å². The fourth-order valence-corrected chi connectivity index (χ4v) is 3.33. The Morgan fingerprint density at radius 3 is 2.96 bits per heavy atom. The molecule has 0 aliphatic carbocycles. The first-order valence-electron chi connectivity index (χ1n) is 8.57. The van der Waals surface area contributed by atoms with Gasteiger partial charge in [-0.05, 0) is 49.3 Å². The summed E-state index contributed by atoms with van der Waals surface area (Å²) in [6.07, 6.45) is 2.80. The molecule has 1 aromatic rings. The molecule has 1 aromatic carbocycles. The van der Waals surface area contributed by atoms with Gasteiger partial charge in [-0.15, -0.1) is 0 Å². The van der Waals surface area contributed by atoms with Gasteiger partial charge in [0.2, 0.25) is 0 Å². The maximum Gasteiger partial charge on any atom is 0.407 e. The number of amides is 2. The molecule has 2 atom stereocenters. The van der Waals surface area contributed by atoms with E-state index in [0.717, 1.165) is 25.7 Å². The number of hydrogen-bond acceptors (Lipinski definition) is 3. The third-order valence-electron chi connectivity index (χ3n) is 4.62. The second-order valence-corrected chi connectivity index (χ2v) is 6.41. The smallest absolute Gasteiger partial charge is 0.407 e. The van der Waals surface area contributed by atoms with Gasteiger partial charge in [0.25, 0.3) is 0 Å². The summed E-state index contributed by atoms with van der Waals surface area (Å²) in [7, 11) is 1.29. The minimum atomic E-state index is -0.866. The Labute approximate surface area is 147 Å². The van der Waals surface area contributed by atoms with Crippen LogP contribution in [0, 0.1) is 11.7 Å². The van der Waals surface area contributed by atoms with Crippen molar-refractivity contribution in [3.8, 4) is 0 Å². The normalized spacial score (nSPS) is 18.5. The predicted molar refractivity (Wildman–Crippen MR) is 90.9 cm³/mol. The molecule has 0 saturated carbocycles. The molecular formula is C18H25FN2O4. The zero-order valence-electron chi connectivity index (χ0n) is 14.4. The Bertz CT molecular complexity index is 596. The van der Waals surface area contributed by atoms with Crippen LogP contribution in [0.2, 0.25) is 0 Å². The van der Waals surface area contributed by atoms with Crippen molar-refractivity contribution in [2.75, 3.05) is 20.2 Å². The van der Waals surface area contributed by atoms with Gasteiger partial charge in [0.05, 0.1) is 13.2 Å². The van der Waals surface area contributed by atoms with Crippen molar-refractivity contribution in [1.82, 2.24) is 10.2 Å². The molecule has 1 heterocycles. The molecule has 1 aliphatic heterocycles. The number of ether oxygens (including phenoxy) is 1. The summed E-state index contributed by atoms with van der Waals surface area (Å²) in [6, 6.07) is 5.83. The molecule has 1 saturated heterocycles. The quantitative estimate of drug-likeness (QED) is 0.816. The maximum absolute atomic E-state index is 13.5. The molecule has 2 unspecified atom stereocenters. The lowest BCUT2D eigenvalue weighted by molar-refractivity contribution is 0.117. The van der Waals surface area contributed by atoms with Crippen LogP contribution in [0.15, 0.2) is 24.3 Å². The molecule has 0 radical (unpaired) electrons. The number of alkyl carbamates (subject to hydrolysis) is 1. The van der Waals surface area contributed by atoms with E-state index in [1.165, 1.54) is 24.1 Å². The van der Waals surface area contributed by atoms with E-state index in [2.05, 4.69) is 10.1 Å². The molecule has 2 N–H and O–H groups in total. The van der Waals surface area contributed by atoms with Crippen LogP contribution in [-0.2, 0) is 4.74 Å². The number of likely N-dealkylation sites (tertiary alicyclic amines) is 1. The standard InChI is InChI=1S/C18H25FN2O4/c1-25-17(22)20-16(14-7-3-8-15(19)11-14)9-2-5-13-6-4-10-21(12-13)18(23)24/h3,7-8,11,13,16H,2,4-6,9-10,12H2,1H3,(H,20,22)(H,23,24). The highest BCUT2D eigenvalue weighted by molar-refractivity contribution is 5.67. The van der Waals surface area contributed by atoms with E-state index in [1.807, 2.05) is 0 Å². The molecule has 6 nitrogen and oxygen atoms in total. The van der Waals surface area contributed by atoms with Crippen LogP contribution < -0.4 is 5.32 Å². The molecule has 2 amide bonds. The fraction of sp³-hybridized carbons (Fsp3) is 0.556. The number of carbonyl (C=O) groups is 2. The van der Waals surface area contributed by atoms with Gasteiger partial charge in [-0.25, -0.2) is 14.0 Å². The third-order valence-corrected chi connectivity index (χ3v) is 4.62. The highest BCUT2D eigenvalue weighted by Gasteiger charge is 2.23. The topological polar surface area (TPSA) is 78.9 Å². The van der Waals surface area contributed by atoms with Crippen molar-refractivity contribution in [1.29, 1.82) is 0 Å². The van der Waals surface area contributed by atoms with Crippen molar-refractivity contribution >= 4 is 12.2 Å². The minimum Gasteiger partial charge on any atom is -0.465 e. The number of carboxylic acid groups (broad SMARTS) is 1. The summed E-state index contributed by atoms with van der Waals surface area (Å²) >= 11 is 0. The fourth-order valence-electron chi connectivity index (χ4n) is 3.33. The third kappa shape index (κ3) is 5.92. The van der Waals surface area contributed by atoms with Crippen LogP contribution in [0.5, 0.6) is 0 Å². The SMILES string of the molecule is COC(=O)NC(CCCC1CCCN(C(=O)O)C1)c1cccc(F)c1. The maximum atomic E-state index is 13.5. The number of benzene rings is 1. The van der Waals surface area contributed by atoms with Gasteiger partial charge < -0.3 is 20.1 Å². The average Bonchev–Trinajstić information content (AvgIpc) is 2.61. The van der Waals surface area contributed by atoms with Gasteiger partial charge in [-0.2, -0.15) is 0 Å². The summed E-state index contributed by atoms with van der Waals surface area (Å²) in [5.41, 5.74) is 0.696. The van der Waals surface area contributed by atoms with E-state index in [0.29, 0.717) is 31.0 Å². The number of rotatable bonds is 6. The van der Waals surface area contributed by atoms with Gasteiger partial charge in [0.1, 0.15) is 5.82 Å². The summed E-state index contributed by atoms with van der Waals surface area (Å²) in [6.45, 7) is 1.16. The Morgan fingerprint density at radius 1 is 1.48 bits per heavy atom. The van der Waals surface area contributed by atoms with E-state index in [1.54, 1.807) is 12.1 Å². The number of methoxy groups -OCH3 is 1. The molecule has 7 heteroatoms. The largest absolute Gasteiger partial charge is 0.465 e. The van der Waals surface area contributed by atoms with Crippen LogP contribution in [0.1, 0.15) is 43.7 Å². The predicted octanol–water partition coefficient (Wildman–Crippen LogP) is 3.78. The van der Waals surface area contributed by atoms with E-state index in [-0.39, 0.29) is 11.9 Å². The monoisotopic (exact) mass is 352 g/mol. The van der Waals surface area contributed by atoms with Crippen LogP contribution >= 0.6 is 0 Å². The Morgan fingerprint density at radius 2 is 2.28 bits per heavy atom. The van der Waals surface area contributed by atoms with E-state index < -0.39 is 12.2 Å². The summed E-state index contributed by atoms with van der Waals surface area (Å²) in [5, 5.41) is 11.8. The first kappa shape index (κ1) is 19.0. The van der Waals surface area contributed by atoms with Gasteiger partial charge >= 0.3 is 12.2 Å². The average molecular weight is 352 g/mol. The molecule has 0 aromatic heterocycles. The number of nitrogens with one attached hydrogen (secondary N) is 1. The second kappa shape index (κ2) is 9.25. The van der Waals surface area contributed by atoms with E-state index >= 15 is 0 Å². The minimum absolute atomic E-state index is 0.330. The molecule has 0 spiro atoms. The van der Waals surface area contributed by atoms with Crippen molar-refractivity contribution in [3.63, 3.8) is 0 Å². The molecule has 1 aliphatic rings. The zero-order valence-corrected chi connectivity index (χ0v) is 14.4. The number of carbonyl (C=O) groups excluding carboxylic acids is 1. The summed E-state index contributed by atoms with van der Waals surface area (Å²) in [4.78, 5) is 24.1.